The molecule has 1 unspecified atom stereocenters. The molecule has 0 aromatic heterocycles. The maximum Gasteiger partial charge on any atom is 0.192 e. The minimum Gasteiger partial charge on any atom is -0.414 e. The molecule has 0 heterocycles. The lowest BCUT2D eigenvalue weighted by atomic mass is 9.50. The van der Waals surface area contributed by atoms with Gasteiger partial charge in [-0.2, -0.15) is 0 Å². The summed E-state index contributed by atoms with van der Waals surface area (Å²) in [6.45, 7) is 17.5. The molecule has 4 aliphatic carbocycles. The summed E-state index contributed by atoms with van der Waals surface area (Å²) in [5.74, 6) is 5.06. The Kier molecular flexibility index (Phi) is 7.29. The van der Waals surface area contributed by atoms with Gasteiger partial charge in [-0.15, -0.1) is 0 Å². The zero-order valence-electron chi connectivity index (χ0n) is 23.1. The fraction of sp³-hybridized carbons (Fsp3) is 1.00. The number of methoxy groups -OCH3 is 1. The van der Waals surface area contributed by atoms with Crippen molar-refractivity contribution in [3.63, 3.8) is 0 Å². The first-order chi connectivity index (χ1) is 15.3. The normalized spacial score (nSPS) is 45.0. The maximum absolute atomic E-state index is 11.1. The van der Waals surface area contributed by atoms with Gasteiger partial charge in [0.1, 0.15) is 0 Å². The maximum atomic E-state index is 11.1. The zero-order valence-corrected chi connectivity index (χ0v) is 24.1. The van der Waals surface area contributed by atoms with E-state index in [1.807, 2.05) is 0 Å². The predicted octanol–water partition coefficient (Wildman–Crippen LogP) is 7.43. The minimum absolute atomic E-state index is 0.278. The zero-order chi connectivity index (χ0) is 24.2. The van der Waals surface area contributed by atoms with Gasteiger partial charge in [0.25, 0.3) is 0 Å². The highest BCUT2D eigenvalue weighted by Gasteiger charge is 2.58. The van der Waals surface area contributed by atoms with E-state index in [1.54, 1.807) is 7.11 Å². The molecule has 4 rings (SSSR count). The first kappa shape index (κ1) is 26.2. The van der Waals surface area contributed by atoms with Gasteiger partial charge in [0, 0.05) is 13.2 Å². The monoisotopic (exact) mass is 478 g/mol. The van der Waals surface area contributed by atoms with Crippen molar-refractivity contribution < 1.29 is 14.3 Å². The van der Waals surface area contributed by atoms with Gasteiger partial charge >= 0.3 is 0 Å². The van der Waals surface area contributed by atoms with E-state index in [1.165, 1.54) is 51.4 Å². The summed E-state index contributed by atoms with van der Waals surface area (Å²) in [5, 5.41) is 11.4. The molecule has 1 N–H and O–H groups in total. The van der Waals surface area contributed by atoms with Crippen LogP contribution in [0.25, 0.3) is 0 Å². The molecule has 4 aliphatic rings. The van der Waals surface area contributed by atoms with Crippen LogP contribution in [0.15, 0.2) is 0 Å². The topological polar surface area (TPSA) is 38.7 Å². The lowest BCUT2D eigenvalue weighted by Crippen LogP contribution is -2.51. The number of hydrogen-bond acceptors (Lipinski definition) is 3. The number of hydrogen-bond donors (Lipinski definition) is 1. The Morgan fingerprint density at radius 2 is 1.58 bits per heavy atom. The first-order valence-electron chi connectivity index (χ1n) is 14.2. The van der Waals surface area contributed by atoms with Crippen molar-refractivity contribution in [2.75, 3.05) is 13.7 Å². The summed E-state index contributed by atoms with van der Waals surface area (Å²) >= 11 is 0. The Bertz CT molecular complexity index is 687. The number of rotatable bonds is 5. The van der Waals surface area contributed by atoms with Gasteiger partial charge in [-0.05, 0) is 130 Å². The second-order valence-corrected chi connectivity index (χ2v) is 19.2. The van der Waals surface area contributed by atoms with Gasteiger partial charge in [-0.25, -0.2) is 0 Å². The summed E-state index contributed by atoms with van der Waals surface area (Å²) in [7, 11) is -0.00654. The summed E-state index contributed by atoms with van der Waals surface area (Å²) in [6, 6.07) is 0. The lowest BCUT2D eigenvalue weighted by Gasteiger charge is -2.55. The van der Waals surface area contributed by atoms with E-state index in [2.05, 4.69) is 47.7 Å². The molecule has 192 valence electrons. The molecule has 0 spiro atoms. The molecule has 0 radical (unpaired) electrons. The second-order valence-electron chi connectivity index (χ2n) is 14.5. The second kappa shape index (κ2) is 9.20. The fourth-order valence-electron chi connectivity index (χ4n) is 9.00. The highest BCUT2D eigenvalue weighted by molar-refractivity contribution is 6.74. The van der Waals surface area contributed by atoms with E-state index in [4.69, 9.17) is 9.16 Å². The molecular weight excluding hydrogens is 424 g/mol. The molecule has 33 heavy (non-hydrogen) atoms. The van der Waals surface area contributed by atoms with Crippen LogP contribution in [0.4, 0.5) is 0 Å². The largest absolute Gasteiger partial charge is 0.414 e. The highest BCUT2D eigenvalue weighted by Crippen LogP contribution is 2.65. The number of aliphatic hydroxyl groups is 1. The Balaban J connectivity index is 1.47. The third-order valence-electron chi connectivity index (χ3n) is 11.8. The number of fused-ring (bicyclic) bond motifs is 5. The van der Waals surface area contributed by atoms with Gasteiger partial charge in [0.15, 0.2) is 8.32 Å². The van der Waals surface area contributed by atoms with Gasteiger partial charge in [-0.1, -0.05) is 27.7 Å². The Morgan fingerprint density at radius 1 is 0.909 bits per heavy atom. The SMILES string of the molecule is COC[C@@]1(O)CC[C@H]2CC[C@@H]3[C@H](CC[C@]4(C)[C@@H](C(C)O[Si](C)(C)C(C)(C)C)CC[C@@H]34)[C@H]2CC1. The van der Waals surface area contributed by atoms with Crippen molar-refractivity contribution in [1.82, 2.24) is 0 Å². The Labute approximate surface area is 205 Å². The average molecular weight is 479 g/mol. The van der Waals surface area contributed by atoms with Crippen LogP contribution in [0.1, 0.15) is 98.8 Å². The van der Waals surface area contributed by atoms with Crippen LogP contribution < -0.4 is 0 Å². The molecule has 4 heteroatoms. The molecular formula is C29H54O3Si. The highest BCUT2D eigenvalue weighted by atomic mass is 28.4. The summed E-state index contributed by atoms with van der Waals surface area (Å²) in [4.78, 5) is 0. The summed E-state index contributed by atoms with van der Waals surface area (Å²) in [5.41, 5.74) is -0.128. The van der Waals surface area contributed by atoms with Crippen LogP contribution in [-0.4, -0.2) is 38.8 Å². The Hall–Kier alpha value is 0.0969. The molecule has 0 amide bonds. The molecule has 0 aromatic carbocycles. The van der Waals surface area contributed by atoms with Gasteiger partial charge in [0.2, 0.25) is 0 Å². The third-order valence-corrected chi connectivity index (χ3v) is 16.4. The van der Waals surface area contributed by atoms with Crippen LogP contribution in [0.3, 0.4) is 0 Å². The van der Waals surface area contributed by atoms with Crippen molar-refractivity contribution in [3.05, 3.63) is 0 Å². The quantitative estimate of drug-likeness (QED) is 0.417. The van der Waals surface area contributed by atoms with Gasteiger partial charge in [-0.3, -0.25) is 0 Å². The fourth-order valence-corrected chi connectivity index (χ4v) is 10.5. The standard InChI is InChI=1S/C29H54O3Si/c1-20(32-33(7,8)27(2,3)4)25-11-12-26-24-10-9-21-13-17-29(30,19-31-6)18-15-22(21)23(24)14-16-28(25,26)5/h20-26,30H,9-19H2,1-8H3/t20?,21-,22+,23-,24-,25-,26+,28-,29-/m1/s1. The molecule has 9 atom stereocenters. The summed E-state index contributed by atoms with van der Waals surface area (Å²) < 4.78 is 12.4. The van der Waals surface area contributed by atoms with Crippen molar-refractivity contribution in [2.45, 2.75) is 129 Å². The molecule has 0 bridgehead atoms. The Morgan fingerprint density at radius 3 is 2.24 bits per heavy atom. The minimum atomic E-state index is -1.74. The van der Waals surface area contributed by atoms with E-state index in [9.17, 15) is 5.11 Å². The molecule has 0 saturated heterocycles. The van der Waals surface area contributed by atoms with Gasteiger partial charge in [0.05, 0.1) is 12.2 Å². The average Bonchev–Trinajstić information content (AvgIpc) is 2.98. The van der Waals surface area contributed by atoms with E-state index in [0.29, 0.717) is 18.1 Å². The van der Waals surface area contributed by atoms with Crippen LogP contribution >= 0.6 is 0 Å². The summed E-state index contributed by atoms with van der Waals surface area (Å²) in [6.07, 6.45) is 13.1. The molecule has 0 aliphatic heterocycles. The molecule has 4 saturated carbocycles. The predicted molar refractivity (Wildman–Crippen MR) is 140 cm³/mol. The van der Waals surface area contributed by atoms with Crippen LogP contribution in [-0.2, 0) is 9.16 Å². The van der Waals surface area contributed by atoms with E-state index in [-0.39, 0.29) is 5.04 Å². The van der Waals surface area contributed by atoms with Crippen LogP contribution in [0.5, 0.6) is 0 Å². The van der Waals surface area contributed by atoms with Crippen LogP contribution in [0, 0.1) is 40.9 Å². The molecule has 4 fully saturated rings. The van der Waals surface area contributed by atoms with Crippen molar-refractivity contribution in [1.29, 1.82) is 0 Å². The molecule has 0 aromatic rings. The van der Waals surface area contributed by atoms with E-state index in [0.717, 1.165) is 48.3 Å². The number of ether oxygens (including phenoxy) is 1. The van der Waals surface area contributed by atoms with Crippen molar-refractivity contribution >= 4 is 8.32 Å². The third kappa shape index (κ3) is 4.77. The van der Waals surface area contributed by atoms with E-state index >= 15 is 0 Å². The first-order valence-corrected chi connectivity index (χ1v) is 17.1. The van der Waals surface area contributed by atoms with E-state index < -0.39 is 13.9 Å². The lowest BCUT2D eigenvalue weighted by molar-refractivity contribution is -0.0703. The van der Waals surface area contributed by atoms with Crippen molar-refractivity contribution in [2.24, 2.45) is 40.9 Å². The van der Waals surface area contributed by atoms with Crippen molar-refractivity contribution in [3.8, 4) is 0 Å². The van der Waals surface area contributed by atoms with Gasteiger partial charge < -0.3 is 14.3 Å². The smallest absolute Gasteiger partial charge is 0.192 e. The van der Waals surface area contributed by atoms with Crippen LogP contribution in [0.2, 0.25) is 18.1 Å². The molecule has 3 nitrogen and oxygen atoms in total.